The number of hydrogen-bond donors (Lipinski definition) is 0. The Morgan fingerprint density at radius 1 is 1.20 bits per heavy atom. The summed E-state index contributed by atoms with van der Waals surface area (Å²) in [6.07, 6.45) is 0.934. The van der Waals surface area contributed by atoms with Gasteiger partial charge in [0.2, 0.25) is 0 Å². The topological polar surface area (TPSA) is 35.5 Å². The lowest BCUT2D eigenvalue weighted by Crippen LogP contribution is -2.35. The Balaban J connectivity index is 4.49. The van der Waals surface area contributed by atoms with Gasteiger partial charge in [-0.2, -0.15) is 0 Å². The SMILES string of the molecule is CCOCC(C(=O)OCC)C(C)(C)CC. The Hall–Kier alpha value is -0.570. The van der Waals surface area contributed by atoms with Gasteiger partial charge in [-0.15, -0.1) is 0 Å². The molecule has 0 aliphatic carbocycles. The molecule has 0 aliphatic rings. The van der Waals surface area contributed by atoms with E-state index in [9.17, 15) is 4.79 Å². The lowest BCUT2D eigenvalue weighted by Gasteiger charge is -2.31. The minimum atomic E-state index is -0.164. The highest BCUT2D eigenvalue weighted by molar-refractivity contribution is 5.73. The van der Waals surface area contributed by atoms with Gasteiger partial charge in [0, 0.05) is 6.61 Å². The maximum atomic E-state index is 11.8. The first-order valence-electron chi connectivity index (χ1n) is 5.73. The molecule has 0 heterocycles. The smallest absolute Gasteiger partial charge is 0.311 e. The van der Waals surface area contributed by atoms with Gasteiger partial charge in [-0.25, -0.2) is 0 Å². The quantitative estimate of drug-likeness (QED) is 0.614. The van der Waals surface area contributed by atoms with Crippen molar-refractivity contribution in [3.8, 4) is 0 Å². The van der Waals surface area contributed by atoms with Gasteiger partial charge in [-0.3, -0.25) is 4.79 Å². The number of esters is 1. The van der Waals surface area contributed by atoms with E-state index in [1.807, 2.05) is 13.8 Å². The molecule has 0 fully saturated rings. The van der Waals surface area contributed by atoms with E-state index in [0.29, 0.717) is 19.8 Å². The molecular weight excluding hydrogens is 192 g/mol. The standard InChI is InChI=1S/C12H24O3/c1-6-12(4,5)10(9-14-7-2)11(13)15-8-3/h10H,6-9H2,1-5H3. The molecule has 0 aromatic rings. The van der Waals surface area contributed by atoms with Crippen LogP contribution in [0.25, 0.3) is 0 Å². The Kier molecular flexibility index (Phi) is 6.57. The molecule has 3 heteroatoms. The third-order valence-electron chi connectivity index (χ3n) is 2.91. The van der Waals surface area contributed by atoms with E-state index < -0.39 is 0 Å². The molecule has 0 aliphatic heterocycles. The summed E-state index contributed by atoms with van der Waals surface area (Å²) in [5, 5.41) is 0. The van der Waals surface area contributed by atoms with Crippen molar-refractivity contribution in [2.24, 2.45) is 11.3 Å². The largest absolute Gasteiger partial charge is 0.466 e. The van der Waals surface area contributed by atoms with Crippen LogP contribution in [-0.4, -0.2) is 25.8 Å². The highest BCUT2D eigenvalue weighted by Gasteiger charge is 2.34. The molecule has 0 amide bonds. The predicted octanol–water partition coefficient (Wildman–Crippen LogP) is 2.64. The van der Waals surface area contributed by atoms with Crippen LogP contribution in [0.4, 0.5) is 0 Å². The van der Waals surface area contributed by atoms with Crippen LogP contribution in [0.1, 0.15) is 41.0 Å². The van der Waals surface area contributed by atoms with Gasteiger partial charge >= 0.3 is 5.97 Å². The molecule has 0 aromatic heterocycles. The van der Waals surface area contributed by atoms with Crippen LogP contribution >= 0.6 is 0 Å². The first-order valence-corrected chi connectivity index (χ1v) is 5.73. The zero-order valence-electron chi connectivity index (χ0n) is 10.6. The molecule has 0 saturated heterocycles. The summed E-state index contributed by atoms with van der Waals surface area (Å²) >= 11 is 0. The van der Waals surface area contributed by atoms with Crippen LogP contribution in [0.3, 0.4) is 0 Å². The van der Waals surface area contributed by atoms with Gasteiger partial charge in [-0.05, 0) is 19.3 Å². The summed E-state index contributed by atoms with van der Waals surface area (Å²) in [7, 11) is 0. The number of rotatable bonds is 7. The second-order valence-electron chi connectivity index (χ2n) is 4.31. The second-order valence-corrected chi connectivity index (χ2v) is 4.31. The summed E-state index contributed by atoms with van der Waals surface area (Å²) in [5.74, 6) is -0.305. The normalized spacial score (nSPS) is 13.7. The molecule has 0 bridgehead atoms. The molecule has 15 heavy (non-hydrogen) atoms. The molecule has 3 nitrogen and oxygen atoms in total. The van der Waals surface area contributed by atoms with Gasteiger partial charge in [0.1, 0.15) is 0 Å². The maximum Gasteiger partial charge on any atom is 0.311 e. The zero-order valence-corrected chi connectivity index (χ0v) is 10.6. The van der Waals surface area contributed by atoms with E-state index in [1.165, 1.54) is 0 Å². The van der Waals surface area contributed by atoms with Gasteiger partial charge in [-0.1, -0.05) is 27.2 Å². The van der Waals surface area contributed by atoms with Crippen LogP contribution < -0.4 is 0 Å². The lowest BCUT2D eigenvalue weighted by molar-refractivity contribution is -0.155. The third kappa shape index (κ3) is 4.65. The van der Waals surface area contributed by atoms with Gasteiger partial charge in [0.15, 0.2) is 0 Å². The number of hydrogen-bond acceptors (Lipinski definition) is 3. The molecule has 90 valence electrons. The Morgan fingerprint density at radius 3 is 2.20 bits per heavy atom. The van der Waals surface area contributed by atoms with Crippen molar-refractivity contribution >= 4 is 5.97 Å². The zero-order chi connectivity index (χ0) is 11.9. The van der Waals surface area contributed by atoms with Crippen LogP contribution in [0, 0.1) is 11.3 Å². The van der Waals surface area contributed by atoms with Gasteiger partial charge in [0.05, 0.1) is 19.1 Å². The maximum absolute atomic E-state index is 11.8. The lowest BCUT2D eigenvalue weighted by atomic mass is 9.77. The number of ether oxygens (including phenoxy) is 2. The fraction of sp³-hybridized carbons (Fsp3) is 0.917. The summed E-state index contributed by atoms with van der Waals surface area (Å²) in [4.78, 5) is 11.8. The first-order chi connectivity index (χ1) is 6.99. The Labute approximate surface area is 93.1 Å². The molecule has 0 aromatic carbocycles. The second kappa shape index (κ2) is 6.83. The summed E-state index contributed by atoms with van der Waals surface area (Å²) in [6.45, 7) is 11.5. The van der Waals surface area contributed by atoms with Crippen LogP contribution in [0.15, 0.2) is 0 Å². The van der Waals surface area contributed by atoms with Crippen molar-refractivity contribution in [3.05, 3.63) is 0 Å². The predicted molar refractivity (Wildman–Crippen MR) is 60.7 cm³/mol. The van der Waals surface area contributed by atoms with Crippen LogP contribution in [0.5, 0.6) is 0 Å². The summed E-state index contributed by atoms with van der Waals surface area (Å²) in [5.41, 5.74) is -0.0680. The van der Waals surface area contributed by atoms with Crippen molar-refractivity contribution in [1.82, 2.24) is 0 Å². The minimum absolute atomic E-state index is 0.0680. The van der Waals surface area contributed by atoms with Gasteiger partial charge < -0.3 is 9.47 Å². The average Bonchev–Trinajstić information content (AvgIpc) is 2.18. The summed E-state index contributed by atoms with van der Waals surface area (Å²) < 4.78 is 10.4. The van der Waals surface area contributed by atoms with Gasteiger partial charge in [0.25, 0.3) is 0 Å². The van der Waals surface area contributed by atoms with Crippen LogP contribution in [-0.2, 0) is 14.3 Å². The molecule has 0 N–H and O–H groups in total. The van der Waals surface area contributed by atoms with Crippen LogP contribution in [0.2, 0.25) is 0 Å². The summed E-state index contributed by atoms with van der Waals surface area (Å²) in [6, 6.07) is 0. The minimum Gasteiger partial charge on any atom is -0.466 e. The van der Waals surface area contributed by atoms with E-state index >= 15 is 0 Å². The van der Waals surface area contributed by atoms with E-state index in [0.717, 1.165) is 6.42 Å². The molecule has 1 unspecified atom stereocenters. The first kappa shape index (κ1) is 14.4. The van der Waals surface area contributed by atoms with Crippen molar-refractivity contribution < 1.29 is 14.3 Å². The fourth-order valence-corrected chi connectivity index (χ4v) is 1.34. The number of carbonyl (C=O) groups excluding carboxylic acids is 1. The van der Waals surface area contributed by atoms with Crippen molar-refractivity contribution in [3.63, 3.8) is 0 Å². The van der Waals surface area contributed by atoms with Crippen molar-refractivity contribution in [2.75, 3.05) is 19.8 Å². The molecule has 0 spiro atoms. The molecule has 0 radical (unpaired) electrons. The monoisotopic (exact) mass is 216 g/mol. The third-order valence-corrected chi connectivity index (χ3v) is 2.91. The highest BCUT2D eigenvalue weighted by atomic mass is 16.5. The highest BCUT2D eigenvalue weighted by Crippen LogP contribution is 2.31. The van der Waals surface area contributed by atoms with E-state index in [1.54, 1.807) is 0 Å². The van der Waals surface area contributed by atoms with E-state index in [4.69, 9.17) is 9.47 Å². The Bertz CT molecular complexity index is 187. The van der Waals surface area contributed by atoms with E-state index in [-0.39, 0.29) is 17.3 Å². The number of carbonyl (C=O) groups is 1. The molecule has 0 saturated carbocycles. The van der Waals surface area contributed by atoms with Crippen molar-refractivity contribution in [1.29, 1.82) is 0 Å². The molecule has 1 atom stereocenters. The van der Waals surface area contributed by atoms with E-state index in [2.05, 4.69) is 20.8 Å². The Morgan fingerprint density at radius 2 is 1.80 bits per heavy atom. The van der Waals surface area contributed by atoms with Crippen molar-refractivity contribution in [2.45, 2.75) is 41.0 Å². The molecule has 0 rings (SSSR count). The molecular formula is C12H24O3. The fourth-order valence-electron chi connectivity index (χ4n) is 1.34. The average molecular weight is 216 g/mol.